The van der Waals surface area contributed by atoms with Gasteiger partial charge in [0.2, 0.25) is 5.91 Å². The molecule has 1 atom stereocenters. The van der Waals surface area contributed by atoms with Crippen LogP contribution < -0.4 is 11.1 Å². The molecule has 1 aromatic rings. The second-order valence-corrected chi connectivity index (χ2v) is 5.00. The van der Waals surface area contributed by atoms with Crippen molar-refractivity contribution in [1.29, 1.82) is 0 Å². The molecule has 0 radical (unpaired) electrons. The Balaban J connectivity index is 1.81. The number of nitrogens with zero attached hydrogens (tertiary/aromatic N) is 1. The van der Waals surface area contributed by atoms with Crippen LogP contribution in [0.3, 0.4) is 0 Å². The molecule has 1 amide bonds. The van der Waals surface area contributed by atoms with Crippen molar-refractivity contribution in [2.45, 2.75) is 12.8 Å². The number of amides is 1. The summed E-state index contributed by atoms with van der Waals surface area (Å²) in [5.74, 6) is 0.0167. The van der Waals surface area contributed by atoms with Crippen LogP contribution in [-0.4, -0.2) is 37.0 Å². The van der Waals surface area contributed by atoms with E-state index in [4.69, 9.17) is 5.73 Å². The smallest absolute Gasteiger partial charge is 0.238 e. The van der Waals surface area contributed by atoms with E-state index in [1.54, 1.807) is 18.2 Å². The number of carbonyl (C=O) groups excluding carboxylic acids is 1. The van der Waals surface area contributed by atoms with Crippen LogP contribution in [0.25, 0.3) is 0 Å². The van der Waals surface area contributed by atoms with Gasteiger partial charge in [-0.2, -0.15) is 0 Å². The summed E-state index contributed by atoms with van der Waals surface area (Å²) >= 11 is 0. The predicted octanol–water partition coefficient (Wildman–Crippen LogP) is 1.43. The number of para-hydroxylation sites is 1. The van der Waals surface area contributed by atoms with Crippen molar-refractivity contribution in [2.24, 2.45) is 11.7 Å². The molecule has 5 heteroatoms. The standard InChI is InChI=1S/C14H20FN3O/c15-12-3-1-2-4-13(12)17-14(19)10-18-8-6-11(9-18)5-7-16/h1-4,11H,5-10,16H2,(H,17,19). The molecule has 1 saturated heterocycles. The summed E-state index contributed by atoms with van der Waals surface area (Å²) in [5, 5.41) is 2.60. The number of benzene rings is 1. The van der Waals surface area contributed by atoms with Gasteiger partial charge in [0.25, 0.3) is 0 Å². The van der Waals surface area contributed by atoms with E-state index < -0.39 is 5.82 Å². The van der Waals surface area contributed by atoms with Gasteiger partial charge in [0, 0.05) is 6.54 Å². The van der Waals surface area contributed by atoms with Gasteiger partial charge in [-0.15, -0.1) is 0 Å². The van der Waals surface area contributed by atoms with Crippen molar-refractivity contribution in [1.82, 2.24) is 4.90 Å². The van der Waals surface area contributed by atoms with Crippen LogP contribution in [0, 0.1) is 11.7 Å². The first-order valence-corrected chi connectivity index (χ1v) is 6.66. The van der Waals surface area contributed by atoms with Gasteiger partial charge in [0.15, 0.2) is 0 Å². The van der Waals surface area contributed by atoms with Gasteiger partial charge < -0.3 is 11.1 Å². The second kappa shape index (κ2) is 6.63. The molecule has 0 spiro atoms. The van der Waals surface area contributed by atoms with Crippen LogP contribution >= 0.6 is 0 Å². The maximum absolute atomic E-state index is 13.4. The minimum Gasteiger partial charge on any atom is -0.330 e. The fourth-order valence-corrected chi connectivity index (χ4v) is 2.48. The number of carbonyl (C=O) groups is 1. The summed E-state index contributed by atoms with van der Waals surface area (Å²) in [6, 6.07) is 6.20. The zero-order valence-electron chi connectivity index (χ0n) is 10.9. The van der Waals surface area contributed by atoms with E-state index in [1.165, 1.54) is 6.07 Å². The lowest BCUT2D eigenvalue weighted by molar-refractivity contribution is -0.117. The third kappa shape index (κ3) is 4.01. The first-order chi connectivity index (χ1) is 9.19. The monoisotopic (exact) mass is 265 g/mol. The molecule has 1 fully saturated rings. The molecular formula is C14H20FN3O. The maximum Gasteiger partial charge on any atom is 0.238 e. The number of likely N-dealkylation sites (tertiary alicyclic amines) is 1. The minimum atomic E-state index is -0.404. The lowest BCUT2D eigenvalue weighted by atomic mass is 10.1. The summed E-state index contributed by atoms with van der Waals surface area (Å²) in [4.78, 5) is 13.9. The van der Waals surface area contributed by atoms with Gasteiger partial charge in [-0.1, -0.05) is 12.1 Å². The second-order valence-electron chi connectivity index (χ2n) is 5.00. The van der Waals surface area contributed by atoms with Gasteiger partial charge >= 0.3 is 0 Å². The molecule has 1 unspecified atom stereocenters. The summed E-state index contributed by atoms with van der Waals surface area (Å²) < 4.78 is 13.4. The van der Waals surface area contributed by atoms with Crippen LogP contribution in [0.1, 0.15) is 12.8 Å². The topological polar surface area (TPSA) is 58.4 Å². The molecule has 104 valence electrons. The Labute approximate surface area is 112 Å². The van der Waals surface area contributed by atoms with Gasteiger partial charge in [0.05, 0.1) is 12.2 Å². The molecule has 19 heavy (non-hydrogen) atoms. The number of nitrogens with two attached hydrogens (primary N) is 1. The largest absolute Gasteiger partial charge is 0.330 e. The maximum atomic E-state index is 13.4. The molecule has 3 N–H and O–H groups in total. The zero-order chi connectivity index (χ0) is 13.7. The highest BCUT2D eigenvalue weighted by molar-refractivity contribution is 5.92. The van der Waals surface area contributed by atoms with Crippen LogP contribution in [0.5, 0.6) is 0 Å². The van der Waals surface area contributed by atoms with Gasteiger partial charge in [-0.3, -0.25) is 9.69 Å². The highest BCUT2D eigenvalue weighted by Crippen LogP contribution is 2.19. The van der Waals surface area contributed by atoms with E-state index in [1.807, 2.05) is 0 Å². The number of anilines is 1. The molecule has 1 aliphatic rings. The van der Waals surface area contributed by atoms with Crippen molar-refractivity contribution < 1.29 is 9.18 Å². The molecule has 4 nitrogen and oxygen atoms in total. The van der Waals surface area contributed by atoms with E-state index in [0.717, 1.165) is 25.9 Å². The normalized spacial score (nSPS) is 19.6. The quantitative estimate of drug-likeness (QED) is 0.847. The number of halogens is 1. The highest BCUT2D eigenvalue weighted by Gasteiger charge is 2.23. The lowest BCUT2D eigenvalue weighted by Gasteiger charge is -2.15. The fourth-order valence-electron chi connectivity index (χ4n) is 2.48. The Morgan fingerprint density at radius 2 is 2.26 bits per heavy atom. The summed E-state index contributed by atoms with van der Waals surface area (Å²) in [6.45, 7) is 2.83. The Hall–Kier alpha value is -1.46. The Morgan fingerprint density at radius 3 is 3.00 bits per heavy atom. The third-order valence-corrected chi connectivity index (χ3v) is 3.46. The lowest BCUT2D eigenvalue weighted by Crippen LogP contribution is -2.32. The van der Waals surface area contributed by atoms with E-state index in [-0.39, 0.29) is 11.6 Å². The van der Waals surface area contributed by atoms with E-state index in [2.05, 4.69) is 10.2 Å². The van der Waals surface area contributed by atoms with Gasteiger partial charge in [0.1, 0.15) is 5.82 Å². The summed E-state index contributed by atoms with van der Waals surface area (Å²) in [6.07, 6.45) is 2.09. The molecule has 0 aromatic heterocycles. The first-order valence-electron chi connectivity index (χ1n) is 6.66. The molecule has 2 rings (SSSR count). The molecule has 1 aliphatic heterocycles. The molecular weight excluding hydrogens is 245 g/mol. The van der Waals surface area contributed by atoms with Crippen LogP contribution in [0.4, 0.5) is 10.1 Å². The third-order valence-electron chi connectivity index (χ3n) is 3.46. The number of nitrogens with one attached hydrogen (secondary N) is 1. The summed E-state index contributed by atoms with van der Waals surface area (Å²) in [5.41, 5.74) is 5.78. The van der Waals surface area contributed by atoms with Gasteiger partial charge in [-0.25, -0.2) is 4.39 Å². The average Bonchev–Trinajstić information content (AvgIpc) is 2.80. The molecule has 1 aromatic carbocycles. The van der Waals surface area contributed by atoms with Crippen LogP contribution in [0.2, 0.25) is 0 Å². The zero-order valence-corrected chi connectivity index (χ0v) is 10.9. The SMILES string of the molecule is NCCC1CCN(CC(=O)Nc2ccccc2F)C1. The number of hydrogen-bond donors (Lipinski definition) is 2. The van der Waals surface area contributed by atoms with Gasteiger partial charge in [-0.05, 0) is 44.0 Å². The predicted molar refractivity (Wildman–Crippen MR) is 73.2 cm³/mol. The minimum absolute atomic E-state index is 0.168. The fraction of sp³-hybridized carbons (Fsp3) is 0.500. The first kappa shape index (κ1) is 14.0. The molecule has 1 heterocycles. The average molecular weight is 265 g/mol. The molecule has 0 aliphatic carbocycles. The van der Waals surface area contributed by atoms with Crippen molar-refractivity contribution in [3.8, 4) is 0 Å². The van der Waals surface area contributed by atoms with E-state index >= 15 is 0 Å². The van der Waals surface area contributed by atoms with Crippen molar-refractivity contribution in [3.05, 3.63) is 30.1 Å². The van der Waals surface area contributed by atoms with Crippen LogP contribution in [0.15, 0.2) is 24.3 Å². The molecule has 0 bridgehead atoms. The van der Waals surface area contributed by atoms with E-state index in [0.29, 0.717) is 19.0 Å². The van der Waals surface area contributed by atoms with Crippen molar-refractivity contribution in [3.63, 3.8) is 0 Å². The van der Waals surface area contributed by atoms with Crippen molar-refractivity contribution in [2.75, 3.05) is 31.5 Å². The Bertz CT molecular complexity index is 438. The van der Waals surface area contributed by atoms with E-state index in [9.17, 15) is 9.18 Å². The molecule has 0 saturated carbocycles. The highest BCUT2D eigenvalue weighted by atomic mass is 19.1. The number of hydrogen-bond acceptors (Lipinski definition) is 3. The van der Waals surface area contributed by atoms with Crippen LogP contribution in [-0.2, 0) is 4.79 Å². The van der Waals surface area contributed by atoms with Crippen molar-refractivity contribution >= 4 is 11.6 Å². The Morgan fingerprint density at radius 1 is 1.47 bits per heavy atom. The summed E-state index contributed by atoms with van der Waals surface area (Å²) in [7, 11) is 0. The Kier molecular flexibility index (Phi) is 4.87. The number of rotatable bonds is 5.